The van der Waals surface area contributed by atoms with Crippen LogP contribution < -0.4 is 10.6 Å². The summed E-state index contributed by atoms with van der Waals surface area (Å²) in [5.41, 5.74) is 0.476. The minimum Gasteiger partial charge on any atom is -0.299 e. The van der Waals surface area contributed by atoms with Crippen molar-refractivity contribution in [1.82, 2.24) is 25.5 Å². The maximum Gasteiger partial charge on any atom is 0.269 e. The molecule has 0 radical (unpaired) electrons. The first-order valence-electron chi connectivity index (χ1n) is 7.16. The molecule has 122 valence electrons. The average Bonchev–Trinajstić information content (AvgIpc) is 3.02. The molecular weight excluding hydrogens is 348 g/mol. The van der Waals surface area contributed by atoms with E-state index in [4.69, 9.17) is 23.8 Å². The van der Waals surface area contributed by atoms with Crippen molar-refractivity contribution in [2.24, 2.45) is 0 Å². The van der Waals surface area contributed by atoms with Gasteiger partial charge >= 0.3 is 0 Å². The largest absolute Gasteiger partial charge is 0.299 e. The number of halogens is 1. The van der Waals surface area contributed by atoms with Crippen LogP contribution in [-0.2, 0) is 6.54 Å². The zero-order chi connectivity index (χ0) is 17.1. The fourth-order valence-electron chi connectivity index (χ4n) is 2.20. The van der Waals surface area contributed by atoms with Gasteiger partial charge in [-0.05, 0) is 41.9 Å². The molecule has 2 aromatic carbocycles. The standard InChI is InChI=1S/C15H13ClN6OS/c1-2-22-20-14(19-21-22)18-15(24)17-13(23)11-7-3-6-10-9(11)5-4-8-12(10)16/h3-8H,2H2,1H3,(H2,17,18,20,23,24). The molecule has 0 fully saturated rings. The van der Waals surface area contributed by atoms with Gasteiger partial charge in [-0.1, -0.05) is 41.0 Å². The Kier molecular flexibility index (Phi) is 4.68. The van der Waals surface area contributed by atoms with Crippen molar-refractivity contribution in [2.45, 2.75) is 13.5 Å². The van der Waals surface area contributed by atoms with Crippen LogP contribution in [0.25, 0.3) is 10.8 Å². The van der Waals surface area contributed by atoms with Crippen LogP contribution in [0.2, 0.25) is 5.02 Å². The van der Waals surface area contributed by atoms with Crippen LogP contribution in [0.3, 0.4) is 0 Å². The molecule has 0 saturated heterocycles. The molecule has 0 bridgehead atoms. The van der Waals surface area contributed by atoms with Crippen LogP contribution in [0.5, 0.6) is 0 Å². The van der Waals surface area contributed by atoms with E-state index < -0.39 is 0 Å². The Morgan fingerprint density at radius 1 is 1.25 bits per heavy atom. The van der Waals surface area contributed by atoms with Crippen LogP contribution in [0, 0.1) is 0 Å². The Hall–Kier alpha value is -2.58. The molecule has 9 heteroatoms. The first-order chi connectivity index (χ1) is 11.6. The summed E-state index contributed by atoms with van der Waals surface area (Å²) in [6.07, 6.45) is 0. The molecule has 24 heavy (non-hydrogen) atoms. The van der Waals surface area contributed by atoms with Gasteiger partial charge in [0.2, 0.25) is 0 Å². The summed E-state index contributed by atoms with van der Waals surface area (Å²) in [4.78, 5) is 13.9. The first kappa shape index (κ1) is 16.3. The molecule has 3 aromatic rings. The van der Waals surface area contributed by atoms with Crippen LogP contribution in [-0.4, -0.2) is 31.2 Å². The highest BCUT2D eigenvalue weighted by Gasteiger charge is 2.13. The van der Waals surface area contributed by atoms with Gasteiger partial charge in [0, 0.05) is 16.0 Å². The van der Waals surface area contributed by atoms with Crippen molar-refractivity contribution in [3.63, 3.8) is 0 Å². The lowest BCUT2D eigenvalue weighted by Gasteiger charge is -2.09. The monoisotopic (exact) mass is 360 g/mol. The van der Waals surface area contributed by atoms with Crippen molar-refractivity contribution in [1.29, 1.82) is 0 Å². The van der Waals surface area contributed by atoms with Crippen LogP contribution in [0.4, 0.5) is 5.95 Å². The Morgan fingerprint density at radius 2 is 2.00 bits per heavy atom. The topological polar surface area (TPSA) is 84.7 Å². The highest BCUT2D eigenvalue weighted by Crippen LogP contribution is 2.25. The number of nitrogens with zero attached hydrogens (tertiary/aromatic N) is 4. The molecule has 0 atom stereocenters. The van der Waals surface area contributed by atoms with E-state index in [9.17, 15) is 4.79 Å². The summed E-state index contributed by atoms with van der Waals surface area (Å²) in [6, 6.07) is 10.8. The number of hydrogen-bond acceptors (Lipinski definition) is 5. The van der Waals surface area contributed by atoms with Crippen LogP contribution in [0.15, 0.2) is 36.4 Å². The van der Waals surface area contributed by atoms with E-state index in [2.05, 4.69) is 26.0 Å². The predicted octanol–water partition coefficient (Wildman–Crippen LogP) is 2.63. The summed E-state index contributed by atoms with van der Waals surface area (Å²) in [6.45, 7) is 2.47. The lowest BCUT2D eigenvalue weighted by molar-refractivity contribution is 0.0979. The van der Waals surface area contributed by atoms with Gasteiger partial charge in [0.25, 0.3) is 11.9 Å². The minimum absolute atomic E-state index is 0.0923. The molecular formula is C15H13ClN6OS. The van der Waals surface area contributed by atoms with E-state index in [0.29, 0.717) is 17.1 Å². The number of carbonyl (C=O) groups is 1. The fraction of sp³-hybridized carbons (Fsp3) is 0.133. The third-order valence-corrected chi connectivity index (χ3v) is 3.84. The number of tetrazole rings is 1. The second-order valence-corrected chi connectivity index (χ2v) is 5.67. The number of fused-ring (bicyclic) bond motifs is 1. The quantitative estimate of drug-likeness (QED) is 0.698. The molecule has 7 nitrogen and oxygen atoms in total. The number of anilines is 1. The second-order valence-electron chi connectivity index (χ2n) is 4.85. The van der Waals surface area contributed by atoms with E-state index in [1.165, 1.54) is 4.80 Å². The maximum absolute atomic E-state index is 12.5. The van der Waals surface area contributed by atoms with E-state index in [1.54, 1.807) is 24.3 Å². The SMILES string of the molecule is CCn1nnc(NC(=S)NC(=O)c2cccc3c(Cl)cccc23)n1. The van der Waals surface area contributed by atoms with Crippen LogP contribution >= 0.6 is 23.8 Å². The zero-order valence-corrected chi connectivity index (χ0v) is 14.2. The smallest absolute Gasteiger partial charge is 0.269 e. The molecule has 1 amide bonds. The van der Waals surface area contributed by atoms with Crippen molar-refractivity contribution in [3.05, 3.63) is 47.0 Å². The highest BCUT2D eigenvalue weighted by molar-refractivity contribution is 7.80. The Bertz CT molecular complexity index is 925. The molecule has 0 aliphatic heterocycles. The molecule has 0 saturated carbocycles. The van der Waals surface area contributed by atoms with Gasteiger partial charge in [0.05, 0.1) is 6.54 Å². The van der Waals surface area contributed by atoms with Crippen molar-refractivity contribution < 1.29 is 4.79 Å². The lowest BCUT2D eigenvalue weighted by Crippen LogP contribution is -2.34. The van der Waals surface area contributed by atoms with Gasteiger partial charge in [0.15, 0.2) is 5.11 Å². The number of thiocarbonyl (C=S) groups is 1. The summed E-state index contributed by atoms with van der Waals surface area (Å²) < 4.78 is 0. The number of aromatic nitrogens is 4. The number of amides is 1. The Balaban J connectivity index is 1.77. The molecule has 1 aromatic heterocycles. The molecule has 0 aliphatic rings. The number of nitrogens with one attached hydrogen (secondary N) is 2. The number of aryl methyl sites for hydroxylation is 1. The number of benzene rings is 2. The summed E-state index contributed by atoms with van der Waals surface area (Å²) in [7, 11) is 0. The minimum atomic E-state index is -0.344. The third-order valence-electron chi connectivity index (χ3n) is 3.30. The van der Waals surface area contributed by atoms with Gasteiger partial charge < -0.3 is 0 Å². The highest BCUT2D eigenvalue weighted by atomic mass is 35.5. The predicted molar refractivity (Wildman–Crippen MR) is 96.1 cm³/mol. The number of carbonyl (C=O) groups excluding carboxylic acids is 1. The van der Waals surface area contributed by atoms with E-state index in [0.717, 1.165) is 10.8 Å². The number of hydrogen-bond donors (Lipinski definition) is 2. The summed E-state index contributed by atoms with van der Waals surface area (Å²) in [5, 5.41) is 19.2. The van der Waals surface area contributed by atoms with Gasteiger partial charge in [-0.3, -0.25) is 15.4 Å². The normalized spacial score (nSPS) is 10.6. The molecule has 2 N–H and O–H groups in total. The third kappa shape index (κ3) is 3.34. The van der Waals surface area contributed by atoms with Gasteiger partial charge in [-0.2, -0.15) is 4.80 Å². The van der Waals surface area contributed by atoms with E-state index >= 15 is 0 Å². The van der Waals surface area contributed by atoms with Crippen molar-refractivity contribution in [2.75, 3.05) is 5.32 Å². The summed E-state index contributed by atoms with van der Waals surface area (Å²) in [5.74, 6) is -0.119. The van der Waals surface area contributed by atoms with E-state index in [-0.39, 0.29) is 17.0 Å². The molecule has 3 rings (SSSR count). The van der Waals surface area contributed by atoms with Gasteiger partial charge in [0.1, 0.15) is 0 Å². The van der Waals surface area contributed by atoms with Crippen molar-refractivity contribution >= 4 is 51.6 Å². The van der Waals surface area contributed by atoms with Gasteiger partial charge in [-0.25, -0.2) is 0 Å². The van der Waals surface area contributed by atoms with E-state index in [1.807, 2.05) is 19.1 Å². The average molecular weight is 361 g/mol. The maximum atomic E-state index is 12.5. The molecule has 1 heterocycles. The lowest BCUT2D eigenvalue weighted by atomic mass is 10.0. The van der Waals surface area contributed by atoms with Crippen molar-refractivity contribution in [3.8, 4) is 0 Å². The fourth-order valence-corrected chi connectivity index (χ4v) is 2.62. The Labute approximate surface area is 148 Å². The first-order valence-corrected chi connectivity index (χ1v) is 7.94. The molecule has 0 aliphatic carbocycles. The second kappa shape index (κ2) is 6.90. The summed E-state index contributed by atoms with van der Waals surface area (Å²) >= 11 is 11.3. The Morgan fingerprint density at radius 3 is 2.75 bits per heavy atom. The van der Waals surface area contributed by atoms with Gasteiger partial charge in [-0.15, -0.1) is 5.10 Å². The van der Waals surface area contributed by atoms with Crippen LogP contribution in [0.1, 0.15) is 17.3 Å². The molecule has 0 spiro atoms. The number of rotatable bonds is 3. The zero-order valence-electron chi connectivity index (χ0n) is 12.7. The molecule has 0 unspecified atom stereocenters.